The minimum absolute atomic E-state index is 0.0489. The Morgan fingerprint density at radius 2 is 1.52 bits per heavy atom. The van der Waals surface area contributed by atoms with Gasteiger partial charge in [-0.05, 0) is 103 Å². The van der Waals surface area contributed by atoms with E-state index in [1.54, 1.807) is 47.1 Å². The van der Waals surface area contributed by atoms with Gasteiger partial charge in [-0.25, -0.2) is 4.79 Å². The normalized spacial score (nSPS) is 11.3. The second kappa shape index (κ2) is 19.4. The van der Waals surface area contributed by atoms with E-state index in [-0.39, 0.29) is 19.1 Å². The van der Waals surface area contributed by atoms with E-state index < -0.39 is 23.6 Å². The number of carbonyl (C=O) groups excluding carboxylic acids is 3. The molecule has 0 heterocycles. The molecule has 4 aromatic carbocycles. The largest absolute Gasteiger partial charge is 0.497 e. The van der Waals surface area contributed by atoms with Crippen molar-refractivity contribution in [2.75, 3.05) is 33.9 Å². The molecule has 0 aliphatic heterocycles. The minimum atomic E-state index is -0.998. The van der Waals surface area contributed by atoms with Crippen molar-refractivity contribution in [2.24, 2.45) is 0 Å². The first-order chi connectivity index (χ1) is 25.0. The summed E-state index contributed by atoms with van der Waals surface area (Å²) in [5.41, 5.74) is 2.45. The van der Waals surface area contributed by atoms with E-state index in [0.29, 0.717) is 53.4 Å². The van der Waals surface area contributed by atoms with Gasteiger partial charge in [-0.1, -0.05) is 54.5 Å². The highest BCUT2D eigenvalue weighted by atomic mass is 127. The van der Waals surface area contributed by atoms with Gasteiger partial charge in [0.05, 0.1) is 27.3 Å². The first-order valence-corrected chi connectivity index (χ1v) is 17.8. The van der Waals surface area contributed by atoms with Crippen LogP contribution in [0.25, 0.3) is 0 Å². The van der Waals surface area contributed by atoms with Gasteiger partial charge in [0.15, 0.2) is 0 Å². The van der Waals surface area contributed by atoms with E-state index >= 15 is 0 Å². The fraction of sp³-hybridized carbons (Fsp3) is 0.293. The average Bonchev–Trinajstić information content (AvgIpc) is 3.13. The van der Waals surface area contributed by atoms with E-state index in [2.05, 4.69) is 45.1 Å². The molecule has 1 unspecified atom stereocenters. The molecule has 4 rings (SSSR count). The summed E-state index contributed by atoms with van der Waals surface area (Å²) < 4.78 is 22.8. The van der Waals surface area contributed by atoms with Crippen LogP contribution in [0.2, 0.25) is 0 Å². The molecule has 0 saturated carbocycles. The molecule has 0 radical (unpaired) electrons. The third-order valence-corrected chi connectivity index (χ3v) is 8.60. The molecular weight excluding hydrogens is 773 g/mol. The van der Waals surface area contributed by atoms with Gasteiger partial charge in [-0.3, -0.25) is 9.59 Å². The van der Waals surface area contributed by atoms with Crippen LogP contribution in [0.5, 0.6) is 17.2 Å². The summed E-state index contributed by atoms with van der Waals surface area (Å²) in [6.45, 7) is 6.36. The van der Waals surface area contributed by atoms with Crippen molar-refractivity contribution < 1.29 is 33.3 Å². The zero-order chi connectivity index (χ0) is 37.5. The molecule has 0 aliphatic rings. The number of amides is 3. The van der Waals surface area contributed by atoms with Gasteiger partial charge >= 0.3 is 6.09 Å². The quantitative estimate of drug-likeness (QED) is 0.0829. The van der Waals surface area contributed by atoms with Crippen molar-refractivity contribution in [2.45, 2.75) is 45.4 Å². The van der Waals surface area contributed by atoms with E-state index in [1.807, 2.05) is 84.9 Å². The molecule has 52 heavy (non-hydrogen) atoms. The molecule has 0 aromatic heterocycles. The number of alkyl carbamates (subject to hydrolysis) is 1. The van der Waals surface area contributed by atoms with Crippen molar-refractivity contribution in [1.82, 2.24) is 15.5 Å². The highest BCUT2D eigenvalue weighted by molar-refractivity contribution is 14.1. The van der Waals surface area contributed by atoms with E-state index in [0.717, 1.165) is 9.13 Å². The standard InChI is InChI=1S/C41H44IN3O7/c1-41(2,3)52-40(48)44-25-26-51-32-19-15-30(16-20-32)23-24-43-39(47)38(34-13-9-10-14-35(34)42)45(37(46)22-17-29-11-7-6-8-12-29)28-31-18-21-33(49-4)27-36(31)50-5/h6-16,18-21,27,38H,23-26,28H2,1-5H3,(H,43,47)(H,44,48). The highest BCUT2D eigenvalue weighted by Gasteiger charge is 2.33. The third kappa shape index (κ3) is 12.2. The van der Waals surface area contributed by atoms with Crippen molar-refractivity contribution >= 4 is 40.5 Å². The van der Waals surface area contributed by atoms with Gasteiger partial charge in [0.25, 0.3) is 5.91 Å². The van der Waals surface area contributed by atoms with Gasteiger partial charge in [-0.15, -0.1) is 0 Å². The Balaban J connectivity index is 1.51. The molecule has 0 saturated heterocycles. The molecule has 11 heteroatoms. The van der Waals surface area contributed by atoms with Crippen molar-refractivity contribution in [3.63, 3.8) is 0 Å². The van der Waals surface area contributed by atoms with E-state index in [1.165, 1.54) is 4.90 Å². The Hall–Kier alpha value is -5.22. The number of nitrogens with one attached hydrogen (secondary N) is 2. The van der Waals surface area contributed by atoms with Crippen LogP contribution in [0.3, 0.4) is 0 Å². The van der Waals surface area contributed by atoms with Gasteiger partial charge in [-0.2, -0.15) is 0 Å². The lowest BCUT2D eigenvalue weighted by atomic mass is 10.0. The van der Waals surface area contributed by atoms with Crippen molar-refractivity contribution in [1.29, 1.82) is 0 Å². The predicted octanol–water partition coefficient (Wildman–Crippen LogP) is 6.69. The number of nitrogens with zero attached hydrogens (tertiary/aromatic N) is 1. The summed E-state index contributed by atoms with van der Waals surface area (Å²) >= 11 is 2.19. The summed E-state index contributed by atoms with van der Waals surface area (Å²) in [6, 6.07) is 28.6. The summed E-state index contributed by atoms with van der Waals surface area (Å²) in [5, 5.41) is 5.73. The number of methoxy groups -OCH3 is 2. The second-order valence-corrected chi connectivity index (χ2v) is 13.8. The van der Waals surface area contributed by atoms with E-state index in [9.17, 15) is 14.4 Å². The maximum Gasteiger partial charge on any atom is 0.407 e. The first-order valence-electron chi connectivity index (χ1n) is 16.8. The Morgan fingerprint density at radius 3 is 2.19 bits per heavy atom. The molecule has 2 N–H and O–H groups in total. The van der Waals surface area contributed by atoms with Gasteiger partial charge in [0.1, 0.15) is 35.5 Å². The molecule has 0 spiro atoms. The topological polar surface area (TPSA) is 115 Å². The average molecular weight is 818 g/mol. The van der Waals surface area contributed by atoms with Gasteiger partial charge in [0.2, 0.25) is 5.91 Å². The van der Waals surface area contributed by atoms with Gasteiger partial charge in [0, 0.05) is 33.2 Å². The third-order valence-electron chi connectivity index (χ3n) is 7.62. The van der Waals surface area contributed by atoms with Crippen LogP contribution in [0.15, 0.2) is 97.1 Å². The van der Waals surface area contributed by atoms with Crippen LogP contribution in [0.1, 0.15) is 49.1 Å². The molecule has 1 atom stereocenters. The molecule has 0 aliphatic carbocycles. The molecule has 3 amide bonds. The van der Waals surface area contributed by atoms with Crippen LogP contribution < -0.4 is 24.8 Å². The van der Waals surface area contributed by atoms with E-state index in [4.69, 9.17) is 18.9 Å². The fourth-order valence-corrected chi connectivity index (χ4v) is 5.81. The number of hydrogen-bond acceptors (Lipinski definition) is 7. The first kappa shape index (κ1) is 39.6. The highest BCUT2D eigenvalue weighted by Crippen LogP contribution is 2.31. The van der Waals surface area contributed by atoms with Crippen molar-refractivity contribution in [3.05, 3.63) is 123 Å². The molecule has 272 valence electrons. The molecule has 4 aromatic rings. The lowest BCUT2D eigenvalue weighted by Crippen LogP contribution is -2.44. The van der Waals surface area contributed by atoms with Gasteiger partial charge < -0.3 is 34.5 Å². The minimum Gasteiger partial charge on any atom is -0.497 e. The lowest BCUT2D eigenvalue weighted by Gasteiger charge is -2.31. The zero-order valence-corrected chi connectivity index (χ0v) is 32.2. The monoisotopic (exact) mass is 817 g/mol. The predicted molar refractivity (Wildman–Crippen MR) is 208 cm³/mol. The Morgan fingerprint density at radius 1 is 0.827 bits per heavy atom. The summed E-state index contributed by atoms with van der Waals surface area (Å²) in [5.74, 6) is 6.64. The van der Waals surface area contributed by atoms with Crippen LogP contribution >= 0.6 is 22.6 Å². The Kier molecular flexibility index (Phi) is 14.8. The number of rotatable bonds is 14. The number of halogens is 1. The van der Waals surface area contributed by atoms with Crippen LogP contribution in [-0.2, 0) is 27.3 Å². The van der Waals surface area contributed by atoms with Crippen molar-refractivity contribution in [3.8, 4) is 29.1 Å². The maximum atomic E-state index is 14.2. The second-order valence-electron chi connectivity index (χ2n) is 12.6. The Bertz CT molecular complexity index is 1870. The summed E-state index contributed by atoms with van der Waals surface area (Å²) in [7, 11) is 3.12. The van der Waals surface area contributed by atoms with Crippen LogP contribution in [0.4, 0.5) is 4.79 Å². The number of benzene rings is 4. The molecule has 10 nitrogen and oxygen atoms in total. The summed E-state index contributed by atoms with van der Waals surface area (Å²) in [4.78, 5) is 41.6. The number of hydrogen-bond donors (Lipinski definition) is 2. The Labute approximate surface area is 319 Å². The smallest absolute Gasteiger partial charge is 0.407 e. The summed E-state index contributed by atoms with van der Waals surface area (Å²) in [6.07, 6.45) is 0.0459. The lowest BCUT2D eigenvalue weighted by molar-refractivity contribution is -0.137. The van der Waals surface area contributed by atoms with Crippen LogP contribution in [0, 0.1) is 15.4 Å². The van der Waals surface area contributed by atoms with Crippen LogP contribution in [-0.4, -0.2) is 62.3 Å². The fourth-order valence-electron chi connectivity index (χ4n) is 5.13. The maximum absolute atomic E-state index is 14.2. The SMILES string of the molecule is COc1ccc(CN(C(=O)C#Cc2ccccc2)C(C(=O)NCCc2ccc(OCCNC(=O)OC(C)(C)C)cc2)c2ccccc2I)c(OC)c1. The molecule has 0 bridgehead atoms. The number of ether oxygens (including phenoxy) is 4. The molecular formula is C41H44IN3O7. The number of carbonyl (C=O) groups is 3. The zero-order valence-electron chi connectivity index (χ0n) is 30.0. The molecule has 0 fully saturated rings.